The van der Waals surface area contributed by atoms with E-state index in [0.29, 0.717) is 38.5 Å². The van der Waals surface area contributed by atoms with Crippen LogP contribution in [0, 0.1) is 11.8 Å². The van der Waals surface area contributed by atoms with Gasteiger partial charge in [-0.15, -0.1) is 0 Å². The Hall–Kier alpha value is -2.16. The summed E-state index contributed by atoms with van der Waals surface area (Å²) in [5.41, 5.74) is 0. The number of hydrogen-bond donors (Lipinski definition) is 10. The lowest BCUT2D eigenvalue weighted by atomic mass is 9.82. The number of carbonyl (C=O) groups excluding carboxylic acids is 2. The molecule has 2 aliphatic rings. The van der Waals surface area contributed by atoms with Crippen molar-refractivity contribution in [2.45, 2.75) is 242 Å². The maximum absolute atomic E-state index is 13.8. The van der Waals surface area contributed by atoms with Gasteiger partial charge in [-0.25, -0.2) is 9.13 Å². The maximum atomic E-state index is 13.8. The molecular weight excluding hydrogens is 991 g/mol. The molecule has 0 spiro atoms. The molecule has 2 rings (SSSR count). The number of carbonyl (C=O) groups is 2. The lowest BCUT2D eigenvalue weighted by Gasteiger charge is -2.39. The second-order valence-corrected chi connectivity index (χ2v) is 22.2. The molecule has 424 valence electrons. The van der Waals surface area contributed by atoms with Gasteiger partial charge in [0, 0.05) is 31.1 Å². The zero-order chi connectivity index (χ0) is 54.1. The van der Waals surface area contributed by atoms with Gasteiger partial charge in [-0.05, 0) is 64.2 Å². The highest BCUT2D eigenvalue weighted by atomic mass is 31.2. The molecule has 1 aliphatic carbocycles. The zero-order valence-electron chi connectivity index (χ0n) is 43.4. The molecule has 10 N–H and O–H groups in total. The summed E-state index contributed by atoms with van der Waals surface area (Å²) in [6, 6.07) is 0. The summed E-state index contributed by atoms with van der Waals surface area (Å²) in [6.45, 7) is 2.60. The van der Waals surface area contributed by atoms with Crippen LogP contribution in [0.5, 0.6) is 0 Å². The third-order valence-corrected chi connectivity index (χ3v) is 14.7. The Morgan fingerprint density at radius 2 is 1.34 bits per heavy atom. The molecular formula is C52H92O19P2. The van der Waals surface area contributed by atoms with Crippen LogP contribution in [0.2, 0.25) is 0 Å². The highest BCUT2D eigenvalue weighted by molar-refractivity contribution is 7.47. The molecule has 1 heterocycles. The van der Waals surface area contributed by atoms with Gasteiger partial charge in [0.2, 0.25) is 0 Å². The van der Waals surface area contributed by atoms with Gasteiger partial charge in [0.25, 0.3) is 0 Å². The largest absolute Gasteiger partial charge is 0.472 e. The molecule has 0 amide bonds. The van der Waals surface area contributed by atoms with Crippen molar-refractivity contribution >= 4 is 27.6 Å². The number of phosphoric acid groups is 2. The molecule has 73 heavy (non-hydrogen) atoms. The average Bonchev–Trinajstić information content (AvgIpc) is 3.33. The molecule has 0 aromatic rings. The summed E-state index contributed by atoms with van der Waals surface area (Å²) in [4.78, 5) is 56.9. The number of ether oxygens (including phenoxy) is 2. The number of allylic oxidation sites excluding steroid dienone is 6. The topological polar surface area (TPSA) is 317 Å². The van der Waals surface area contributed by atoms with Crippen LogP contribution >= 0.6 is 15.6 Å². The van der Waals surface area contributed by atoms with E-state index in [1.165, 1.54) is 31.8 Å². The summed E-state index contributed by atoms with van der Waals surface area (Å²) in [5, 5.41) is 79.9. The number of aliphatic hydroxyl groups excluding tert-OH is 7. The van der Waals surface area contributed by atoms with Crippen molar-refractivity contribution in [1.82, 2.24) is 0 Å². The normalized spacial score (nSPS) is 30.5. The quantitative estimate of drug-likeness (QED) is 0.0156. The Morgan fingerprint density at radius 3 is 1.99 bits per heavy atom. The Balaban J connectivity index is 2.15. The highest BCUT2D eigenvalue weighted by Gasteiger charge is 2.51. The van der Waals surface area contributed by atoms with Gasteiger partial charge in [0.15, 0.2) is 6.10 Å². The van der Waals surface area contributed by atoms with E-state index in [9.17, 15) is 69.1 Å². The lowest BCUT2D eigenvalue weighted by molar-refractivity contribution is -0.166. The number of aliphatic hydroxyl groups is 7. The Labute approximate surface area is 434 Å². The molecule has 21 heteroatoms. The van der Waals surface area contributed by atoms with E-state index in [1.54, 1.807) is 0 Å². The molecule has 13 atom stereocenters. The smallest absolute Gasteiger partial charge is 0.462 e. The van der Waals surface area contributed by atoms with Crippen molar-refractivity contribution in [3.05, 3.63) is 48.6 Å². The predicted molar refractivity (Wildman–Crippen MR) is 275 cm³/mol. The van der Waals surface area contributed by atoms with Crippen LogP contribution < -0.4 is 0 Å². The van der Waals surface area contributed by atoms with Crippen LogP contribution in [-0.2, 0) is 41.8 Å². The minimum absolute atomic E-state index is 0.0280. The SMILES string of the molecule is CCCCCC/C=C\C/C=C\C/C=C\CCCCCCCCC(=O)OC[C@@H]1COP(=O)(O)O[C@H]2[C@H](O)[C@@H](O)[C@H](O)[C@@H](CCCCCCC(=O)O1)[C@@H](O)C[C@@H](O)[C@H](C=C[C@@H](O)CCCCC)[C@@H](O)[C@H]2OP(=O)(O)O. The monoisotopic (exact) mass is 1080 g/mol. The summed E-state index contributed by atoms with van der Waals surface area (Å²) in [7, 11) is -11.4. The van der Waals surface area contributed by atoms with Crippen LogP contribution in [0.3, 0.4) is 0 Å². The fourth-order valence-electron chi connectivity index (χ4n) is 8.95. The van der Waals surface area contributed by atoms with Crippen LogP contribution in [-0.4, -0.2) is 137 Å². The minimum atomic E-state index is -5.76. The molecule has 1 unspecified atom stereocenters. The van der Waals surface area contributed by atoms with Gasteiger partial charge in [-0.1, -0.05) is 146 Å². The van der Waals surface area contributed by atoms with E-state index in [-0.39, 0.29) is 25.7 Å². The molecule has 1 saturated carbocycles. The molecule has 2 fully saturated rings. The number of cyclic esters (lactones) is 1. The van der Waals surface area contributed by atoms with Crippen LogP contribution in [0.25, 0.3) is 0 Å². The van der Waals surface area contributed by atoms with E-state index in [2.05, 4.69) is 43.4 Å². The summed E-state index contributed by atoms with van der Waals surface area (Å²) in [5.74, 6) is -4.37. The van der Waals surface area contributed by atoms with Gasteiger partial charge in [0.05, 0.1) is 37.1 Å². The molecule has 0 radical (unpaired) electrons. The van der Waals surface area contributed by atoms with Gasteiger partial charge < -0.3 is 59.9 Å². The van der Waals surface area contributed by atoms with Gasteiger partial charge >= 0.3 is 27.6 Å². The summed E-state index contributed by atoms with van der Waals surface area (Å²) < 4.78 is 52.3. The molecule has 0 aromatic heterocycles. The zero-order valence-corrected chi connectivity index (χ0v) is 45.2. The number of fused-ring (bicyclic) bond motifs is 4. The van der Waals surface area contributed by atoms with Crippen molar-refractivity contribution in [2.24, 2.45) is 11.8 Å². The second-order valence-electron chi connectivity index (χ2n) is 19.6. The Bertz CT molecular complexity index is 1710. The average molecular weight is 1080 g/mol. The molecule has 0 aromatic carbocycles. The summed E-state index contributed by atoms with van der Waals surface area (Å²) in [6.07, 6.45) is 12.5. The first-order chi connectivity index (χ1) is 34.8. The highest BCUT2D eigenvalue weighted by Crippen LogP contribution is 2.50. The van der Waals surface area contributed by atoms with E-state index in [4.69, 9.17) is 23.0 Å². The van der Waals surface area contributed by atoms with Gasteiger partial charge in [0.1, 0.15) is 31.0 Å². The first-order valence-electron chi connectivity index (χ1n) is 26.9. The first kappa shape index (κ1) is 67.0. The van der Waals surface area contributed by atoms with E-state index < -0.39 is 120 Å². The number of esters is 2. The fourth-order valence-corrected chi connectivity index (χ4v) is 10.5. The van der Waals surface area contributed by atoms with Crippen molar-refractivity contribution in [3.63, 3.8) is 0 Å². The van der Waals surface area contributed by atoms with Crippen molar-refractivity contribution in [1.29, 1.82) is 0 Å². The van der Waals surface area contributed by atoms with E-state index in [1.807, 2.05) is 6.92 Å². The van der Waals surface area contributed by atoms with E-state index >= 15 is 0 Å². The van der Waals surface area contributed by atoms with Gasteiger partial charge in [-0.3, -0.25) is 23.2 Å². The maximum Gasteiger partial charge on any atom is 0.472 e. The number of hydrogen-bond acceptors (Lipinski definition) is 16. The van der Waals surface area contributed by atoms with Gasteiger partial charge in [-0.2, -0.15) is 0 Å². The van der Waals surface area contributed by atoms with Crippen LogP contribution in [0.4, 0.5) is 0 Å². The van der Waals surface area contributed by atoms with Crippen LogP contribution in [0.1, 0.15) is 181 Å². The van der Waals surface area contributed by atoms with Crippen molar-refractivity contribution in [2.75, 3.05) is 13.2 Å². The molecule has 19 nitrogen and oxygen atoms in total. The summed E-state index contributed by atoms with van der Waals surface area (Å²) >= 11 is 0. The predicted octanol–water partition coefficient (Wildman–Crippen LogP) is 7.61. The molecule has 1 aliphatic heterocycles. The third-order valence-electron chi connectivity index (χ3n) is 13.2. The lowest BCUT2D eigenvalue weighted by Crippen LogP contribution is -2.56. The Kier molecular flexibility index (Phi) is 35.2. The standard InChI is InChI=1S/C52H92O19P2/c1-3-5-7-8-9-10-11-12-13-14-15-16-17-18-19-20-21-22-23-28-32-45(56)67-37-40-38-68-73(65,66)71-52-50(61)49(60)47(58)41(31-27-24-25-29-33-46(57)69-40)43(54)36-44(55)42(35-34-39(53)30-26-6-4-2)48(59)51(52)70-72(62,63)64/h10-11,13-14,16-17,34-35,39-44,47-55,58-61H,3-9,12,15,18-33,36-38H2,1-2H3,(H,65,66)(H2,62,63,64)/b11-10-,14-13-,17-16-,35-34?/t39-,40+,41-,42-,43-,44+,47+,48+,49-,50+,51+,52-/m0/s1. The molecule has 2 bridgehead atoms. The number of rotatable bonds is 28. The Morgan fingerprint density at radius 1 is 0.753 bits per heavy atom. The van der Waals surface area contributed by atoms with Crippen LogP contribution in [0.15, 0.2) is 48.6 Å². The number of unbranched alkanes of at least 4 members (excludes halogenated alkanes) is 12. The molecule has 1 saturated heterocycles. The van der Waals surface area contributed by atoms with Crippen molar-refractivity contribution < 1.29 is 92.2 Å². The van der Waals surface area contributed by atoms with E-state index in [0.717, 1.165) is 76.7 Å². The minimum Gasteiger partial charge on any atom is -0.462 e. The third kappa shape index (κ3) is 29.8. The second kappa shape index (κ2) is 38.4. The first-order valence-corrected chi connectivity index (χ1v) is 30.0. The fraction of sp³-hybridized carbons (Fsp3) is 0.808. The van der Waals surface area contributed by atoms with Crippen molar-refractivity contribution in [3.8, 4) is 0 Å². The number of phosphoric ester groups is 2.